The number of esters is 1. The number of aliphatic hydroxyl groups is 1. The first-order chi connectivity index (χ1) is 14.9. The van der Waals surface area contributed by atoms with E-state index in [-0.39, 0.29) is 24.4 Å². The number of benzene rings is 1. The van der Waals surface area contributed by atoms with Crippen LogP contribution in [0.5, 0.6) is 0 Å². The molecule has 0 radical (unpaired) electrons. The number of unbranched alkanes of at least 4 members (excludes halogenated alkanes) is 1. The molecule has 3 atom stereocenters. The van der Waals surface area contributed by atoms with Gasteiger partial charge in [-0.05, 0) is 43.9 Å². The molecule has 164 valence electrons. The molecule has 3 rings (SSSR count). The Morgan fingerprint density at radius 2 is 2.03 bits per heavy atom. The highest BCUT2D eigenvalue weighted by Gasteiger charge is 2.31. The summed E-state index contributed by atoms with van der Waals surface area (Å²) in [6, 6.07) is 9.47. The molecule has 6 nitrogen and oxygen atoms in total. The number of amides is 1. The summed E-state index contributed by atoms with van der Waals surface area (Å²) in [4.78, 5) is 23.8. The molecule has 1 amide bonds. The number of aliphatic hydroxyl groups excluding tert-OH is 1. The maximum absolute atomic E-state index is 12.4. The number of hydrogen-bond acceptors (Lipinski definition) is 5. The fourth-order valence-corrected chi connectivity index (χ4v) is 3.42. The van der Waals surface area contributed by atoms with E-state index >= 15 is 0 Å². The van der Waals surface area contributed by atoms with Crippen LogP contribution in [0, 0.1) is 5.92 Å². The minimum atomic E-state index is -0.609. The summed E-state index contributed by atoms with van der Waals surface area (Å²) in [5.74, 6) is 0.0439. The lowest BCUT2D eigenvalue weighted by molar-refractivity contribution is -0.141. The largest absolute Gasteiger partial charge is 0.491 e. The number of ether oxygens (including phenoxy) is 2. The van der Waals surface area contributed by atoms with Gasteiger partial charge in [-0.2, -0.15) is 0 Å². The minimum absolute atomic E-state index is 0.0420. The van der Waals surface area contributed by atoms with Gasteiger partial charge in [-0.3, -0.25) is 4.79 Å². The normalized spacial score (nSPS) is 20.6. The Balaban J connectivity index is 1.43. The number of nitrogens with one attached hydrogen (secondary N) is 1. The molecule has 1 aromatic rings. The van der Waals surface area contributed by atoms with Crippen LogP contribution in [0.15, 0.2) is 72.5 Å². The van der Waals surface area contributed by atoms with Crippen molar-refractivity contribution in [3.05, 3.63) is 78.1 Å². The van der Waals surface area contributed by atoms with Gasteiger partial charge in [0.05, 0.1) is 11.7 Å². The molecule has 0 spiro atoms. The summed E-state index contributed by atoms with van der Waals surface area (Å²) in [6.07, 6.45) is 8.60. The van der Waals surface area contributed by atoms with E-state index in [1.807, 2.05) is 48.6 Å². The first-order valence-corrected chi connectivity index (χ1v) is 10.6. The number of fused-ring (bicyclic) bond motifs is 1. The zero-order valence-corrected chi connectivity index (χ0v) is 17.8. The summed E-state index contributed by atoms with van der Waals surface area (Å²) in [5.41, 5.74) is 1.90. The van der Waals surface area contributed by atoms with Gasteiger partial charge >= 0.3 is 5.97 Å². The van der Waals surface area contributed by atoms with E-state index in [0.717, 1.165) is 18.4 Å². The molecule has 0 saturated heterocycles. The van der Waals surface area contributed by atoms with E-state index in [9.17, 15) is 14.7 Å². The number of rotatable bonds is 10. The van der Waals surface area contributed by atoms with Crippen molar-refractivity contribution < 1.29 is 24.2 Å². The molecule has 1 aromatic carbocycles. The second kappa shape index (κ2) is 10.8. The van der Waals surface area contributed by atoms with Crippen molar-refractivity contribution in [2.24, 2.45) is 5.92 Å². The zero-order valence-electron chi connectivity index (χ0n) is 17.8. The van der Waals surface area contributed by atoms with Gasteiger partial charge in [0.2, 0.25) is 5.91 Å². The van der Waals surface area contributed by atoms with Gasteiger partial charge in [-0.15, -0.1) is 0 Å². The Bertz CT molecular complexity index is 900. The molecule has 0 fully saturated rings. The molecule has 31 heavy (non-hydrogen) atoms. The van der Waals surface area contributed by atoms with Crippen LogP contribution < -0.4 is 5.32 Å². The van der Waals surface area contributed by atoms with Crippen LogP contribution in [0.2, 0.25) is 0 Å². The molecule has 0 aromatic heterocycles. The Kier molecular flexibility index (Phi) is 7.84. The van der Waals surface area contributed by atoms with Crippen molar-refractivity contribution >= 4 is 17.4 Å². The first kappa shape index (κ1) is 22.6. The van der Waals surface area contributed by atoms with Crippen LogP contribution in [-0.2, 0) is 19.1 Å². The monoisotopic (exact) mass is 423 g/mol. The van der Waals surface area contributed by atoms with Gasteiger partial charge in [0.25, 0.3) is 0 Å². The molecule has 0 saturated carbocycles. The number of hydrogen-bond donors (Lipinski definition) is 2. The van der Waals surface area contributed by atoms with Crippen LogP contribution in [0.3, 0.4) is 0 Å². The smallest absolute Gasteiger partial charge is 0.339 e. The van der Waals surface area contributed by atoms with Crippen LogP contribution >= 0.6 is 0 Å². The van der Waals surface area contributed by atoms with E-state index in [0.29, 0.717) is 29.9 Å². The van der Waals surface area contributed by atoms with E-state index in [1.165, 1.54) is 0 Å². The highest BCUT2D eigenvalue weighted by Crippen LogP contribution is 2.31. The molecule has 2 aliphatic rings. The Hall–Kier alpha value is -3.12. The van der Waals surface area contributed by atoms with Gasteiger partial charge in [0.15, 0.2) is 0 Å². The van der Waals surface area contributed by atoms with E-state index in [1.54, 1.807) is 13.0 Å². The highest BCUT2D eigenvalue weighted by molar-refractivity contribution is 6.17. The maximum atomic E-state index is 12.4. The van der Waals surface area contributed by atoms with Gasteiger partial charge < -0.3 is 19.9 Å². The van der Waals surface area contributed by atoms with Crippen LogP contribution in [0.25, 0.3) is 5.57 Å². The van der Waals surface area contributed by atoms with Crippen molar-refractivity contribution in [1.29, 1.82) is 0 Å². The van der Waals surface area contributed by atoms with Crippen molar-refractivity contribution in [3.8, 4) is 0 Å². The Morgan fingerprint density at radius 3 is 2.77 bits per heavy atom. The van der Waals surface area contributed by atoms with E-state index in [2.05, 4.69) is 11.9 Å². The van der Waals surface area contributed by atoms with Crippen molar-refractivity contribution in [1.82, 2.24) is 5.32 Å². The number of allylic oxidation sites excluding steroid dienone is 1. The van der Waals surface area contributed by atoms with Gasteiger partial charge in [-0.1, -0.05) is 49.1 Å². The van der Waals surface area contributed by atoms with Gasteiger partial charge in [0, 0.05) is 18.0 Å². The second-order valence-corrected chi connectivity index (χ2v) is 7.82. The maximum Gasteiger partial charge on any atom is 0.339 e. The lowest BCUT2D eigenvalue weighted by Crippen LogP contribution is -2.30. The molecule has 1 heterocycles. The minimum Gasteiger partial charge on any atom is -0.491 e. The van der Waals surface area contributed by atoms with Crippen LogP contribution in [0.1, 0.15) is 31.7 Å². The Labute approximate surface area is 182 Å². The SMILES string of the molecule is C=C(C)C(=O)NCCCCC(O)COC1=CC2OC(=O)C(c3ccccc3)=CC2C=C1. The second-order valence-electron chi connectivity index (χ2n) is 7.82. The van der Waals surface area contributed by atoms with Crippen LogP contribution in [0.4, 0.5) is 0 Å². The lowest BCUT2D eigenvalue weighted by atomic mass is 9.90. The average Bonchev–Trinajstić information content (AvgIpc) is 2.77. The molecular formula is C25H29NO5. The molecule has 0 bridgehead atoms. The van der Waals surface area contributed by atoms with Crippen molar-refractivity contribution in [2.75, 3.05) is 13.2 Å². The zero-order chi connectivity index (χ0) is 22.2. The molecule has 1 aliphatic carbocycles. The van der Waals surface area contributed by atoms with Crippen molar-refractivity contribution in [2.45, 2.75) is 38.4 Å². The quantitative estimate of drug-likeness (QED) is 0.343. The third-order valence-electron chi connectivity index (χ3n) is 5.18. The summed E-state index contributed by atoms with van der Waals surface area (Å²) >= 11 is 0. The third-order valence-corrected chi connectivity index (χ3v) is 5.18. The standard InChI is InChI=1S/C25H29NO5/c1-17(2)24(28)26-13-7-6-10-20(27)16-30-21-12-11-19-14-22(18-8-4-3-5-9-18)25(29)31-23(19)15-21/h3-5,8-9,11-12,14-15,19-20,23,27H,1,6-7,10,13,16H2,2H3,(H,26,28). The summed E-state index contributed by atoms with van der Waals surface area (Å²) in [7, 11) is 0. The summed E-state index contributed by atoms with van der Waals surface area (Å²) in [5, 5.41) is 12.9. The molecule has 2 N–H and O–H groups in total. The predicted octanol–water partition coefficient (Wildman–Crippen LogP) is 3.31. The third kappa shape index (κ3) is 6.43. The van der Waals surface area contributed by atoms with Gasteiger partial charge in [-0.25, -0.2) is 4.79 Å². The van der Waals surface area contributed by atoms with E-state index in [4.69, 9.17) is 9.47 Å². The predicted molar refractivity (Wildman–Crippen MR) is 119 cm³/mol. The summed E-state index contributed by atoms with van der Waals surface area (Å²) < 4.78 is 11.3. The van der Waals surface area contributed by atoms with Crippen molar-refractivity contribution in [3.63, 3.8) is 0 Å². The van der Waals surface area contributed by atoms with E-state index < -0.39 is 12.2 Å². The molecule has 1 aliphatic heterocycles. The number of carbonyl (C=O) groups excluding carboxylic acids is 2. The average molecular weight is 424 g/mol. The molecule has 6 heteroatoms. The highest BCUT2D eigenvalue weighted by atomic mass is 16.5. The number of carbonyl (C=O) groups is 2. The topological polar surface area (TPSA) is 84.9 Å². The Morgan fingerprint density at radius 1 is 1.26 bits per heavy atom. The van der Waals surface area contributed by atoms with Gasteiger partial charge in [0.1, 0.15) is 18.5 Å². The molecule has 3 unspecified atom stereocenters. The fraction of sp³-hybridized carbons (Fsp3) is 0.360. The fourth-order valence-electron chi connectivity index (χ4n) is 3.42. The lowest BCUT2D eigenvalue weighted by Gasteiger charge is -2.29. The van der Waals surface area contributed by atoms with Crippen LogP contribution in [-0.4, -0.2) is 42.3 Å². The molecular weight excluding hydrogens is 394 g/mol. The summed E-state index contributed by atoms with van der Waals surface area (Å²) in [6.45, 7) is 5.97. The first-order valence-electron chi connectivity index (χ1n) is 10.6.